The van der Waals surface area contributed by atoms with Gasteiger partial charge in [-0.2, -0.15) is 4.31 Å². The van der Waals surface area contributed by atoms with Crippen molar-refractivity contribution in [3.63, 3.8) is 0 Å². The van der Waals surface area contributed by atoms with E-state index in [4.69, 9.17) is 0 Å². The van der Waals surface area contributed by atoms with E-state index in [1.54, 1.807) is 18.2 Å². The number of aryl methyl sites for hydroxylation is 1. The van der Waals surface area contributed by atoms with Gasteiger partial charge in [-0.25, -0.2) is 13.4 Å². The van der Waals surface area contributed by atoms with Gasteiger partial charge in [-0.3, -0.25) is 4.79 Å². The van der Waals surface area contributed by atoms with Crippen LogP contribution in [0.1, 0.15) is 18.5 Å². The number of carbonyl (C=O) groups is 1. The molecule has 1 aromatic heterocycles. The van der Waals surface area contributed by atoms with Gasteiger partial charge < -0.3 is 5.32 Å². The Bertz CT molecular complexity index is 1100. The molecule has 1 aliphatic carbocycles. The second-order valence-corrected chi connectivity index (χ2v) is 9.38. The first-order valence-corrected chi connectivity index (χ1v) is 11.0. The summed E-state index contributed by atoms with van der Waals surface area (Å²) in [5, 5.41) is 6.84. The summed E-state index contributed by atoms with van der Waals surface area (Å²) < 4.78 is 27.7. The highest BCUT2D eigenvalue weighted by Gasteiger charge is 2.39. The minimum absolute atomic E-state index is 0.120. The van der Waals surface area contributed by atoms with Crippen LogP contribution in [0.5, 0.6) is 0 Å². The van der Waals surface area contributed by atoms with E-state index in [0.29, 0.717) is 5.13 Å². The lowest BCUT2D eigenvalue weighted by Crippen LogP contribution is -2.39. The van der Waals surface area contributed by atoms with Crippen LogP contribution in [-0.2, 0) is 14.8 Å². The smallest absolute Gasteiger partial charge is 0.243 e. The van der Waals surface area contributed by atoms with Crippen molar-refractivity contribution in [3.8, 4) is 0 Å². The zero-order valence-electron chi connectivity index (χ0n) is 14.8. The van der Waals surface area contributed by atoms with Crippen LogP contribution in [0.4, 0.5) is 5.13 Å². The van der Waals surface area contributed by atoms with Crippen LogP contribution in [-0.4, -0.2) is 36.2 Å². The zero-order chi connectivity index (χ0) is 19.0. The number of anilines is 1. The Balaban J connectivity index is 1.59. The minimum Gasteiger partial charge on any atom is -0.301 e. The first kappa shape index (κ1) is 18.1. The summed E-state index contributed by atoms with van der Waals surface area (Å²) in [4.78, 5) is 16.8. The Labute approximate surface area is 161 Å². The van der Waals surface area contributed by atoms with Gasteiger partial charge >= 0.3 is 0 Å². The molecule has 1 N–H and O–H groups in total. The molecular weight excluding hydrogens is 382 g/mol. The molecule has 2 aromatic carbocycles. The van der Waals surface area contributed by atoms with Gasteiger partial charge in [0.1, 0.15) is 0 Å². The molecule has 0 aliphatic heterocycles. The first-order chi connectivity index (χ1) is 12.9. The minimum atomic E-state index is -3.76. The molecule has 0 bridgehead atoms. The van der Waals surface area contributed by atoms with Crippen LogP contribution in [0.15, 0.2) is 52.7 Å². The number of nitrogens with one attached hydrogen (secondary N) is 1. The molecule has 27 heavy (non-hydrogen) atoms. The molecule has 0 unspecified atom stereocenters. The summed E-state index contributed by atoms with van der Waals surface area (Å²) in [5.41, 5.74) is 0.818. The van der Waals surface area contributed by atoms with Crippen molar-refractivity contribution in [1.82, 2.24) is 9.29 Å². The molecule has 1 heterocycles. The van der Waals surface area contributed by atoms with Gasteiger partial charge in [-0.15, -0.1) is 11.3 Å². The summed E-state index contributed by atoms with van der Waals surface area (Å²) in [5.74, 6) is -0.374. The third-order valence-electron chi connectivity index (χ3n) is 4.45. The normalized spacial score (nSPS) is 14.6. The predicted octanol–water partition coefficient (Wildman–Crippen LogP) is 3.40. The second-order valence-electron chi connectivity index (χ2n) is 6.63. The number of thiazole rings is 1. The largest absolute Gasteiger partial charge is 0.301 e. The number of benzene rings is 2. The molecule has 0 atom stereocenters. The highest BCUT2D eigenvalue weighted by molar-refractivity contribution is 7.89. The predicted molar refractivity (Wildman–Crippen MR) is 106 cm³/mol. The number of sulfonamides is 1. The van der Waals surface area contributed by atoms with E-state index in [1.807, 2.05) is 36.6 Å². The van der Waals surface area contributed by atoms with Gasteiger partial charge in [0.05, 0.1) is 17.1 Å². The molecule has 0 radical (unpaired) electrons. The Kier molecular flexibility index (Phi) is 4.71. The molecule has 1 saturated carbocycles. The van der Waals surface area contributed by atoms with E-state index in [2.05, 4.69) is 10.3 Å². The summed E-state index contributed by atoms with van der Waals surface area (Å²) in [6.07, 6.45) is 1.55. The molecular formula is C19H19N3O3S2. The highest BCUT2D eigenvalue weighted by atomic mass is 32.2. The highest BCUT2D eigenvalue weighted by Crippen LogP contribution is 2.33. The monoisotopic (exact) mass is 401 g/mol. The summed E-state index contributed by atoms with van der Waals surface area (Å²) in [7, 11) is -3.76. The van der Waals surface area contributed by atoms with Crippen molar-refractivity contribution in [1.29, 1.82) is 0 Å². The number of carbonyl (C=O) groups excluding carboxylic acids is 1. The first-order valence-electron chi connectivity index (χ1n) is 8.66. The van der Waals surface area contributed by atoms with Crippen LogP contribution in [0.3, 0.4) is 0 Å². The van der Waals surface area contributed by atoms with Gasteiger partial charge in [-0.1, -0.05) is 30.3 Å². The fraction of sp³-hybridized carbons (Fsp3) is 0.263. The fourth-order valence-electron chi connectivity index (χ4n) is 2.95. The average Bonchev–Trinajstić information content (AvgIpc) is 3.41. The van der Waals surface area contributed by atoms with E-state index >= 15 is 0 Å². The Morgan fingerprint density at radius 3 is 2.63 bits per heavy atom. The average molecular weight is 402 g/mol. The lowest BCUT2D eigenvalue weighted by atomic mass is 10.1. The van der Waals surface area contributed by atoms with Gasteiger partial charge in [0.2, 0.25) is 15.9 Å². The number of amides is 1. The molecule has 0 spiro atoms. The van der Waals surface area contributed by atoms with Crippen LogP contribution in [0.2, 0.25) is 0 Å². The van der Waals surface area contributed by atoms with Crippen molar-refractivity contribution in [2.45, 2.75) is 30.7 Å². The Morgan fingerprint density at radius 1 is 1.22 bits per heavy atom. The molecule has 8 heteroatoms. The second kappa shape index (κ2) is 7.03. The van der Waals surface area contributed by atoms with E-state index < -0.39 is 10.0 Å². The van der Waals surface area contributed by atoms with Gasteiger partial charge in [0.15, 0.2) is 5.13 Å². The number of rotatable bonds is 6. The van der Waals surface area contributed by atoms with Crippen molar-refractivity contribution in [2.24, 2.45) is 0 Å². The lowest BCUT2D eigenvalue weighted by molar-refractivity contribution is -0.116. The number of hydrogen-bond donors (Lipinski definition) is 1. The fourth-order valence-corrected chi connectivity index (χ4v) is 5.33. The number of nitrogens with zero attached hydrogens (tertiary/aromatic N) is 2. The molecule has 6 nitrogen and oxygen atoms in total. The molecule has 0 saturated heterocycles. The third-order valence-corrected chi connectivity index (χ3v) is 7.22. The number of fused-ring (bicyclic) bond motifs is 1. The number of hydrogen-bond acceptors (Lipinski definition) is 5. The quantitative estimate of drug-likeness (QED) is 0.687. The SMILES string of the molecule is Cc1csc(NC(=O)CN(C2CC2)S(=O)(=O)c2ccc3ccccc3c2)n1. The Hall–Kier alpha value is -2.29. The topological polar surface area (TPSA) is 79.4 Å². The van der Waals surface area contributed by atoms with E-state index in [0.717, 1.165) is 29.3 Å². The molecule has 1 fully saturated rings. The molecule has 3 aromatic rings. The molecule has 1 amide bonds. The summed E-state index contributed by atoms with van der Waals surface area (Å²) >= 11 is 1.32. The third kappa shape index (κ3) is 3.87. The van der Waals surface area contributed by atoms with Gasteiger partial charge in [0.25, 0.3) is 0 Å². The summed E-state index contributed by atoms with van der Waals surface area (Å²) in [6.45, 7) is 1.63. The summed E-state index contributed by atoms with van der Waals surface area (Å²) in [6, 6.07) is 12.6. The Morgan fingerprint density at radius 2 is 1.96 bits per heavy atom. The van der Waals surface area contributed by atoms with Crippen LogP contribution in [0, 0.1) is 6.92 Å². The van der Waals surface area contributed by atoms with Crippen LogP contribution >= 0.6 is 11.3 Å². The van der Waals surface area contributed by atoms with E-state index in [1.165, 1.54) is 15.6 Å². The van der Waals surface area contributed by atoms with E-state index in [9.17, 15) is 13.2 Å². The maximum Gasteiger partial charge on any atom is 0.243 e. The molecule has 140 valence electrons. The maximum absolute atomic E-state index is 13.2. The van der Waals surface area contributed by atoms with Crippen molar-refractivity contribution in [2.75, 3.05) is 11.9 Å². The van der Waals surface area contributed by atoms with Crippen LogP contribution < -0.4 is 5.32 Å². The van der Waals surface area contributed by atoms with Crippen molar-refractivity contribution < 1.29 is 13.2 Å². The standard InChI is InChI=1S/C19H19N3O3S2/c1-13-12-26-19(20-13)21-18(23)11-22(16-7-8-16)27(24,25)17-9-6-14-4-2-3-5-15(14)10-17/h2-6,9-10,12,16H,7-8,11H2,1H3,(H,20,21,23). The van der Waals surface area contributed by atoms with Gasteiger partial charge in [-0.05, 0) is 42.7 Å². The van der Waals surface area contributed by atoms with Gasteiger partial charge in [0, 0.05) is 11.4 Å². The van der Waals surface area contributed by atoms with Crippen molar-refractivity contribution in [3.05, 3.63) is 53.5 Å². The molecule has 1 aliphatic rings. The number of aromatic nitrogens is 1. The molecule has 4 rings (SSSR count). The zero-order valence-corrected chi connectivity index (χ0v) is 16.4. The maximum atomic E-state index is 13.2. The van der Waals surface area contributed by atoms with E-state index in [-0.39, 0.29) is 23.4 Å². The van der Waals surface area contributed by atoms with Crippen LogP contribution in [0.25, 0.3) is 10.8 Å². The lowest BCUT2D eigenvalue weighted by Gasteiger charge is -2.21. The van der Waals surface area contributed by atoms with Crippen molar-refractivity contribution >= 4 is 43.2 Å².